The molecule has 1 aromatic heterocycles. The summed E-state index contributed by atoms with van der Waals surface area (Å²) in [5, 5.41) is 7.41. The molecule has 0 aliphatic carbocycles. The fraction of sp³-hybridized carbons (Fsp3) is 0.375. The molecule has 2 aromatic rings. The van der Waals surface area contributed by atoms with Gasteiger partial charge in [0.05, 0.1) is 18.7 Å². The van der Waals surface area contributed by atoms with Gasteiger partial charge in [0, 0.05) is 6.20 Å². The Morgan fingerprint density at radius 2 is 1.68 bits per heavy atom. The van der Waals surface area contributed by atoms with Gasteiger partial charge in [-0.05, 0) is 38.5 Å². The summed E-state index contributed by atoms with van der Waals surface area (Å²) < 4.78 is 10.3. The first kappa shape index (κ1) is 26.3. The minimum absolute atomic E-state index is 0.0471. The maximum atomic E-state index is 12.7. The van der Waals surface area contributed by atoms with Crippen LogP contribution in [0, 0.1) is 0 Å². The van der Waals surface area contributed by atoms with E-state index in [0.29, 0.717) is 5.69 Å². The highest BCUT2D eigenvalue weighted by molar-refractivity contribution is 5.92. The van der Waals surface area contributed by atoms with Crippen LogP contribution in [0.15, 0.2) is 54.7 Å². The van der Waals surface area contributed by atoms with Gasteiger partial charge in [0.25, 0.3) is 0 Å². The first-order valence-corrected chi connectivity index (χ1v) is 10.8. The van der Waals surface area contributed by atoms with Crippen LogP contribution in [0.5, 0.6) is 0 Å². The number of rotatable bonds is 10. The van der Waals surface area contributed by atoms with Crippen LogP contribution in [-0.2, 0) is 37.0 Å². The van der Waals surface area contributed by atoms with Crippen molar-refractivity contribution in [3.05, 3.63) is 66.0 Å². The Balaban J connectivity index is 1.89. The fourth-order valence-corrected chi connectivity index (χ4v) is 2.73. The molecule has 0 saturated heterocycles. The van der Waals surface area contributed by atoms with Gasteiger partial charge in [0.15, 0.2) is 0 Å². The molecule has 0 spiro atoms. The first-order chi connectivity index (χ1) is 16.1. The zero-order valence-electron chi connectivity index (χ0n) is 19.5. The van der Waals surface area contributed by atoms with Gasteiger partial charge in [0.2, 0.25) is 11.8 Å². The van der Waals surface area contributed by atoms with Crippen molar-refractivity contribution >= 4 is 23.9 Å². The Labute approximate surface area is 198 Å². The highest BCUT2D eigenvalue weighted by Gasteiger charge is 2.27. The van der Waals surface area contributed by atoms with E-state index in [4.69, 9.17) is 9.47 Å². The summed E-state index contributed by atoms with van der Waals surface area (Å²) in [6.07, 6.45) is 0.418. The molecular formula is C24H30N4O6. The second kappa shape index (κ2) is 12.9. The van der Waals surface area contributed by atoms with Crippen molar-refractivity contribution in [1.82, 2.24) is 20.9 Å². The minimum Gasteiger partial charge on any atom is -0.460 e. The van der Waals surface area contributed by atoms with Gasteiger partial charge in [-0.2, -0.15) is 0 Å². The highest BCUT2D eigenvalue weighted by atomic mass is 16.6. The molecule has 34 heavy (non-hydrogen) atoms. The molecule has 182 valence electrons. The summed E-state index contributed by atoms with van der Waals surface area (Å²) in [6, 6.07) is 13.1. The zero-order valence-corrected chi connectivity index (χ0v) is 19.5. The third-order valence-electron chi connectivity index (χ3n) is 4.22. The highest BCUT2D eigenvalue weighted by Crippen LogP contribution is 2.10. The van der Waals surface area contributed by atoms with Crippen molar-refractivity contribution in [2.24, 2.45) is 0 Å². The van der Waals surface area contributed by atoms with E-state index in [9.17, 15) is 19.2 Å². The Bertz CT molecular complexity index is 960. The molecule has 0 bridgehead atoms. The molecule has 0 aliphatic rings. The second-order valence-electron chi connectivity index (χ2n) is 8.36. The lowest BCUT2D eigenvalue weighted by Gasteiger charge is -2.22. The van der Waals surface area contributed by atoms with Crippen LogP contribution in [0.1, 0.15) is 38.4 Å². The van der Waals surface area contributed by atoms with Crippen LogP contribution >= 0.6 is 0 Å². The molecule has 1 aromatic carbocycles. The molecular weight excluding hydrogens is 440 g/mol. The topological polar surface area (TPSA) is 136 Å². The standard InChI is InChI=1S/C24H30N4O6/c1-24(2,3)34-21(30)13-19(22(31)26-14-18-11-7-8-12-25-18)28-20(29)15-27-23(32)33-16-17-9-5-4-6-10-17/h4-12,19H,13-16H2,1-3H3,(H,26,31)(H,27,32)(H,28,29)/t19-/m0/s1. The molecule has 3 N–H and O–H groups in total. The van der Waals surface area contributed by atoms with E-state index in [1.54, 1.807) is 57.3 Å². The lowest BCUT2D eigenvalue weighted by atomic mass is 10.1. The Morgan fingerprint density at radius 3 is 2.32 bits per heavy atom. The zero-order chi connectivity index (χ0) is 25.0. The molecule has 0 radical (unpaired) electrons. The molecule has 0 saturated carbocycles. The normalized spacial score (nSPS) is 11.6. The van der Waals surface area contributed by atoms with Gasteiger partial charge in [-0.25, -0.2) is 4.79 Å². The lowest BCUT2D eigenvalue weighted by Crippen LogP contribution is -2.50. The van der Waals surface area contributed by atoms with Crippen molar-refractivity contribution < 1.29 is 28.7 Å². The molecule has 2 rings (SSSR count). The quantitative estimate of drug-likeness (QED) is 0.451. The number of hydrogen-bond donors (Lipinski definition) is 3. The predicted molar refractivity (Wildman–Crippen MR) is 123 cm³/mol. The number of pyridine rings is 1. The molecule has 10 nitrogen and oxygen atoms in total. The SMILES string of the molecule is CC(C)(C)OC(=O)C[C@H](NC(=O)CNC(=O)OCc1ccccc1)C(=O)NCc1ccccn1. The van der Waals surface area contributed by atoms with Crippen LogP contribution in [0.2, 0.25) is 0 Å². The summed E-state index contributed by atoms with van der Waals surface area (Å²) in [4.78, 5) is 53.3. The van der Waals surface area contributed by atoms with Gasteiger partial charge in [-0.1, -0.05) is 36.4 Å². The number of hydrogen-bond acceptors (Lipinski definition) is 7. The Hall–Kier alpha value is -3.95. The number of aromatic nitrogens is 1. The van der Waals surface area contributed by atoms with Gasteiger partial charge < -0.3 is 25.4 Å². The van der Waals surface area contributed by atoms with Crippen molar-refractivity contribution in [3.8, 4) is 0 Å². The summed E-state index contributed by atoms with van der Waals surface area (Å²) in [5.41, 5.74) is 0.658. The van der Waals surface area contributed by atoms with Crippen LogP contribution in [0.25, 0.3) is 0 Å². The smallest absolute Gasteiger partial charge is 0.407 e. The molecule has 0 unspecified atom stereocenters. The van der Waals surface area contributed by atoms with Crippen molar-refractivity contribution in [3.63, 3.8) is 0 Å². The number of nitrogens with one attached hydrogen (secondary N) is 3. The van der Waals surface area contributed by atoms with Gasteiger partial charge in [-0.3, -0.25) is 19.4 Å². The molecule has 3 amide bonds. The fourth-order valence-electron chi connectivity index (χ4n) is 2.73. The number of benzene rings is 1. The maximum Gasteiger partial charge on any atom is 0.407 e. The summed E-state index contributed by atoms with van der Waals surface area (Å²) >= 11 is 0. The average molecular weight is 471 g/mol. The van der Waals surface area contributed by atoms with Crippen LogP contribution in [-0.4, -0.2) is 47.0 Å². The van der Waals surface area contributed by atoms with Crippen LogP contribution < -0.4 is 16.0 Å². The second-order valence-corrected chi connectivity index (χ2v) is 8.36. The van der Waals surface area contributed by atoms with Crippen LogP contribution in [0.3, 0.4) is 0 Å². The summed E-state index contributed by atoms with van der Waals surface area (Å²) in [7, 11) is 0. The molecule has 0 aliphatic heterocycles. The van der Waals surface area contributed by atoms with E-state index in [-0.39, 0.29) is 19.6 Å². The average Bonchev–Trinajstić information content (AvgIpc) is 2.79. The monoisotopic (exact) mass is 470 g/mol. The minimum atomic E-state index is -1.20. The van der Waals surface area contributed by atoms with E-state index in [0.717, 1.165) is 5.56 Å². The largest absolute Gasteiger partial charge is 0.460 e. The number of carbonyl (C=O) groups is 4. The number of ether oxygens (including phenoxy) is 2. The Kier molecular flexibility index (Phi) is 10.0. The van der Waals surface area contributed by atoms with Crippen molar-refractivity contribution in [2.45, 2.75) is 52.0 Å². The number of nitrogens with zero attached hydrogens (tertiary/aromatic N) is 1. The van der Waals surface area contributed by atoms with E-state index in [1.165, 1.54) is 0 Å². The van der Waals surface area contributed by atoms with E-state index in [2.05, 4.69) is 20.9 Å². The van der Waals surface area contributed by atoms with Crippen molar-refractivity contribution in [2.75, 3.05) is 6.54 Å². The predicted octanol–water partition coefficient (Wildman–Crippen LogP) is 1.84. The molecule has 1 heterocycles. The number of amides is 3. The summed E-state index contributed by atoms with van der Waals surface area (Å²) in [5.74, 6) is -1.91. The molecule has 10 heteroatoms. The molecule has 0 fully saturated rings. The van der Waals surface area contributed by atoms with Crippen LogP contribution in [0.4, 0.5) is 4.79 Å². The lowest BCUT2D eigenvalue weighted by molar-refractivity contribution is -0.156. The third kappa shape index (κ3) is 10.6. The van der Waals surface area contributed by atoms with Crippen molar-refractivity contribution in [1.29, 1.82) is 0 Å². The van der Waals surface area contributed by atoms with E-state index in [1.807, 2.05) is 18.2 Å². The Morgan fingerprint density at radius 1 is 0.971 bits per heavy atom. The van der Waals surface area contributed by atoms with E-state index >= 15 is 0 Å². The van der Waals surface area contributed by atoms with E-state index < -0.39 is 42.1 Å². The third-order valence-corrected chi connectivity index (χ3v) is 4.22. The molecule has 1 atom stereocenters. The summed E-state index contributed by atoms with van der Waals surface area (Å²) in [6.45, 7) is 4.82. The number of alkyl carbamates (subject to hydrolysis) is 1. The number of esters is 1. The maximum absolute atomic E-state index is 12.7. The van der Waals surface area contributed by atoms with Gasteiger partial charge >= 0.3 is 12.1 Å². The van der Waals surface area contributed by atoms with Gasteiger partial charge in [0.1, 0.15) is 24.8 Å². The number of carbonyl (C=O) groups excluding carboxylic acids is 4. The first-order valence-electron chi connectivity index (χ1n) is 10.8. The van der Waals surface area contributed by atoms with Gasteiger partial charge in [-0.15, -0.1) is 0 Å².